The Balaban J connectivity index is 2.02. The molecule has 0 aliphatic heterocycles. The Morgan fingerprint density at radius 3 is 2.81 bits per heavy atom. The van der Waals surface area contributed by atoms with Gasteiger partial charge in [0.05, 0.1) is 23.4 Å². The second-order valence-electron chi connectivity index (χ2n) is 4.17. The number of hydrogen-bond acceptors (Lipinski definition) is 3. The standard InChI is InChI=1S/C13H9F3N4O/c14-13(15,16)10-6-18-20(7-10)8-12(21)19-11-3-1-2-9(4-11)5-17/h1-4,6-7H,8H2,(H,19,21). The van der Waals surface area contributed by atoms with Crippen molar-refractivity contribution in [2.75, 3.05) is 5.32 Å². The minimum atomic E-state index is -4.49. The first-order valence-electron chi connectivity index (χ1n) is 5.78. The van der Waals surface area contributed by atoms with Crippen LogP contribution >= 0.6 is 0 Å². The number of nitrogens with one attached hydrogen (secondary N) is 1. The largest absolute Gasteiger partial charge is 0.419 e. The van der Waals surface area contributed by atoms with E-state index in [1.54, 1.807) is 18.2 Å². The first-order valence-corrected chi connectivity index (χ1v) is 5.78. The van der Waals surface area contributed by atoms with Gasteiger partial charge in [-0.3, -0.25) is 9.48 Å². The molecule has 0 unspecified atom stereocenters. The molecule has 5 nitrogen and oxygen atoms in total. The van der Waals surface area contributed by atoms with E-state index in [4.69, 9.17) is 5.26 Å². The van der Waals surface area contributed by atoms with E-state index in [1.165, 1.54) is 6.07 Å². The molecule has 108 valence electrons. The number of benzene rings is 1. The maximum Gasteiger partial charge on any atom is 0.419 e. The number of nitriles is 1. The van der Waals surface area contributed by atoms with Crippen LogP contribution in [0.2, 0.25) is 0 Å². The van der Waals surface area contributed by atoms with Gasteiger partial charge in [0.1, 0.15) is 6.54 Å². The number of hydrogen-bond donors (Lipinski definition) is 1. The molecule has 1 heterocycles. The number of rotatable bonds is 3. The van der Waals surface area contributed by atoms with Gasteiger partial charge in [0.25, 0.3) is 0 Å². The molecule has 0 aliphatic rings. The van der Waals surface area contributed by atoms with Crippen LogP contribution in [0.15, 0.2) is 36.7 Å². The highest BCUT2D eigenvalue weighted by atomic mass is 19.4. The monoisotopic (exact) mass is 294 g/mol. The molecule has 8 heteroatoms. The van der Waals surface area contributed by atoms with Gasteiger partial charge in [-0.2, -0.15) is 23.5 Å². The van der Waals surface area contributed by atoms with Crippen molar-refractivity contribution in [2.24, 2.45) is 0 Å². The van der Waals surface area contributed by atoms with Crippen LogP contribution in [0, 0.1) is 11.3 Å². The van der Waals surface area contributed by atoms with Gasteiger partial charge < -0.3 is 5.32 Å². The van der Waals surface area contributed by atoms with E-state index in [0.29, 0.717) is 17.4 Å². The third-order valence-corrected chi connectivity index (χ3v) is 2.54. The maximum atomic E-state index is 12.4. The molecule has 2 rings (SSSR count). The average molecular weight is 294 g/mol. The number of anilines is 1. The first kappa shape index (κ1) is 14.6. The number of nitrogens with zero attached hydrogens (tertiary/aromatic N) is 3. The zero-order chi connectivity index (χ0) is 15.5. The number of amides is 1. The normalized spacial score (nSPS) is 11.0. The maximum absolute atomic E-state index is 12.4. The van der Waals surface area contributed by atoms with Gasteiger partial charge in [0.2, 0.25) is 5.91 Å². The minimum absolute atomic E-state index is 0.354. The summed E-state index contributed by atoms with van der Waals surface area (Å²) < 4.78 is 38.0. The lowest BCUT2D eigenvalue weighted by molar-refractivity contribution is -0.137. The second-order valence-corrected chi connectivity index (χ2v) is 4.17. The summed E-state index contributed by atoms with van der Waals surface area (Å²) in [5.74, 6) is -0.540. The van der Waals surface area contributed by atoms with Gasteiger partial charge in [0.15, 0.2) is 0 Å². The Morgan fingerprint density at radius 1 is 1.43 bits per heavy atom. The van der Waals surface area contributed by atoms with E-state index < -0.39 is 17.6 Å². The number of carbonyl (C=O) groups is 1. The van der Waals surface area contributed by atoms with Crippen molar-refractivity contribution < 1.29 is 18.0 Å². The summed E-state index contributed by atoms with van der Waals surface area (Å²) in [5.41, 5.74) is -0.157. The Kier molecular flexibility index (Phi) is 3.93. The minimum Gasteiger partial charge on any atom is -0.324 e. The molecule has 0 radical (unpaired) electrons. The van der Waals surface area contributed by atoms with Crippen molar-refractivity contribution in [3.8, 4) is 6.07 Å². The highest BCUT2D eigenvalue weighted by Gasteiger charge is 2.32. The molecular formula is C13H9F3N4O. The van der Waals surface area contributed by atoms with Gasteiger partial charge in [0, 0.05) is 11.9 Å². The van der Waals surface area contributed by atoms with Crippen LogP contribution in [0.25, 0.3) is 0 Å². The Morgan fingerprint density at radius 2 is 2.19 bits per heavy atom. The molecule has 0 saturated carbocycles. The van der Waals surface area contributed by atoms with Crippen LogP contribution in [0.3, 0.4) is 0 Å². The molecule has 0 fully saturated rings. The van der Waals surface area contributed by atoms with E-state index in [0.717, 1.165) is 10.9 Å². The molecule has 1 N–H and O–H groups in total. The lowest BCUT2D eigenvalue weighted by atomic mass is 10.2. The Labute approximate surface area is 117 Å². The SMILES string of the molecule is N#Cc1cccc(NC(=O)Cn2cc(C(F)(F)F)cn2)c1. The van der Waals surface area contributed by atoms with Crippen LogP contribution in [0.5, 0.6) is 0 Å². The first-order chi connectivity index (χ1) is 9.88. The van der Waals surface area contributed by atoms with E-state index >= 15 is 0 Å². The van der Waals surface area contributed by atoms with Gasteiger partial charge in [-0.15, -0.1) is 0 Å². The van der Waals surface area contributed by atoms with Gasteiger partial charge in [-0.25, -0.2) is 0 Å². The summed E-state index contributed by atoms with van der Waals surface area (Å²) in [5, 5.41) is 14.7. The van der Waals surface area contributed by atoms with Crippen LogP contribution in [-0.4, -0.2) is 15.7 Å². The molecule has 1 aromatic heterocycles. The molecule has 0 aliphatic carbocycles. The molecular weight excluding hydrogens is 285 g/mol. The van der Waals surface area contributed by atoms with E-state index in [2.05, 4.69) is 10.4 Å². The van der Waals surface area contributed by atoms with Crippen LogP contribution in [0.4, 0.5) is 18.9 Å². The second kappa shape index (κ2) is 5.66. The average Bonchev–Trinajstić information content (AvgIpc) is 2.87. The molecule has 21 heavy (non-hydrogen) atoms. The molecule has 0 bridgehead atoms. The molecule has 2 aromatic rings. The summed E-state index contributed by atoms with van der Waals surface area (Å²) >= 11 is 0. The summed E-state index contributed by atoms with van der Waals surface area (Å²) in [6.07, 6.45) is -3.08. The van der Waals surface area contributed by atoms with Crippen LogP contribution in [0.1, 0.15) is 11.1 Å². The summed E-state index contributed by atoms with van der Waals surface area (Å²) in [6.45, 7) is -0.354. The van der Waals surface area contributed by atoms with Crippen LogP contribution in [-0.2, 0) is 17.5 Å². The fourth-order valence-corrected chi connectivity index (χ4v) is 1.61. The highest BCUT2D eigenvalue weighted by molar-refractivity contribution is 5.90. The van der Waals surface area contributed by atoms with Crippen molar-refractivity contribution in [3.63, 3.8) is 0 Å². The summed E-state index contributed by atoms with van der Waals surface area (Å²) in [6, 6.07) is 8.10. The quantitative estimate of drug-likeness (QED) is 0.945. The van der Waals surface area contributed by atoms with Crippen molar-refractivity contribution in [1.82, 2.24) is 9.78 Å². The molecule has 0 saturated heterocycles. The van der Waals surface area contributed by atoms with E-state index in [1.807, 2.05) is 6.07 Å². The molecule has 1 aromatic carbocycles. The third-order valence-electron chi connectivity index (χ3n) is 2.54. The highest BCUT2D eigenvalue weighted by Crippen LogP contribution is 2.28. The smallest absolute Gasteiger partial charge is 0.324 e. The topological polar surface area (TPSA) is 70.7 Å². The Bertz CT molecular complexity index is 700. The van der Waals surface area contributed by atoms with Gasteiger partial charge in [-0.05, 0) is 18.2 Å². The lowest BCUT2D eigenvalue weighted by Crippen LogP contribution is -2.19. The fourth-order valence-electron chi connectivity index (χ4n) is 1.61. The van der Waals surface area contributed by atoms with Crippen molar-refractivity contribution >= 4 is 11.6 Å². The fraction of sp³-hybridized carbons (Fsp3) is 0.154. The van der Waals surface area contributed by atoms with Crippen molar-refractivity contribution in [3.05, 3.63) is 47.8 Å². The lowest BCUT2D eigenvalue weighted by Gasteiger charge is -2.05. The van der Waals surface area contributed by atoms with Crippen molar-refractivity contribution in [2.45, 2.75) is 12.7 Å². The predicted molar refractivity (Wildman–Crippen MR) is 67.0 cm³/mol. The molecule has 0 atom stereocenters. The third kappa shape index (κ3) is 3.82. The van der Waals surface area contributed by atoms with Crippen LogP contribution < -0.4 is 5.32 Å². The number of aromatic nitrogens is 2. The van der Waals surface area contributed by atoms with E-state index in [9.17, 15) is 18.0 Å². The summed E-state index contributed by atoms with van der Waals surface area (Å²) in [4.78, 5) is 11.7. The zero-order valence-electron chi connectivity index (χ0n) is 10.6. The number of carbonyl (C=O) groups excluding carboxylic acids is 1. The predicted octanol–water partition coefficient (Wildman–Crippen LogP) is 2.41. The van der Waals surface area contributed by atoms with Crippen molar-refractivity contribution in [1.29, 1.82) is 5.26 Å². The number of halogens is 3. The van der Waals surface area contributed by atoms with Gasteiger partial charge >= 0.3 is 6.18 Å². The Hall–Kier alpha value is -2.82. The molecule has 1 amide bonds. The summed E-state index contributed by atoms with van der Waals surface area (Å²) in [7, 11) is 0. The zero-order valence-corrected chi connectivity index (χ0v) is 10.6. The molecule has 0 spiro atoms. The van der Waals surface area contributed by atoms with E-state index in [-0.39, 0.29) is 6.54 Å². The number of alkyl halides is 3. The van der Waals surface area contributed by atoms with Gasteiger partial charge in [-0.1, -0.05) is 6.07 Å².